The SMILES string of the molecule is CC1=C(/C=C/C(C)=C/C=C/C(C)=C/C2=CNC(=O)C2)C(C)(C)CCC1. The van der Waals surface area contributed by atoms with E-state index in [-0.39, 0.29) is 11.3 Å². The molecule has 0 bridgehead atoms. The highest BCUT2D eigenvalue weighted by Crippen LogP contribution is 2.40. The minimum Gasteiger partial charge on any atom is -0.332 e. The third-order valence-electron chi connectivity index (χ3n) is 4.97. The number of hydrogen-bond acceptors (Lipinski definition) is 1. The first-order valence-corrected chi connectivity index (χ1v) is 9.18. The first-order valence-electron chi connectivity index (χ1n) is 9.18. The molecule has 2 rings (SSSR count). The Kier molecular flexibility index (Phi) is 6.41. The Morgan fingerprint density at radius 3 is 2.60 bits per heavy atom. The van der Waals surface area contributed by atoms with Crippen LogP contribution in [0.25, 0.3) is 0 Å². The summed E-state index contributed by atoms with van der Waals surface area (Å²) in [6, 6.07) is 0. The molecule has 0 atom stereocenters. The molecule has 2 nitrogen and oxygen atoms in total. The lowest BCUT2D eigenvalue weighted by molar-refractivity contribution is -0.118. The van der Waals surface area contributed by atoms with Crippen LogP contribution in [0.15, 0.2) is 70.5 Å². The van der Waals surface area contributed by atoms with Crippen molar-refractivity contribution in [1.29, 1.82) is 0 Å². The number of nitrogens with one attached hydrogen (secondary N) is 1. The lowest BCUT2D eigenvalue weighted by atomic mass is 9.72. The van der Waals surface area contributed by atoms with Crippen LogP contribution in [0.5, 0.6) is 0 Å². The van der Waals surface area contributed by atoms with Gasteiger partial charge in [-0.3, -0.25) is 4.79 Å². The zero-order chi connectivity index (χ0) is 18.4. The largest absolute Gasteiger partial charge is 0.332 e. The lowest BCUT2D eigenvalue weighted by Gasteiger charge is -2.32. The molecule has 0 fully saturated rings. The summed E-state index contributed by atoms with van der Waals surface area (Å²) in [4.78, 5) is 11.2. The fourth-order valence-electron chi connectivity index (χ4n) is 3.53. The van der Waals surface area contributed by atoms with Crippen molar-refractivity contribution in [3.05, 3.63) is 70.5 Å². The third kappa shape index (κ3) is 5.74. The standard InChI is InChI=1S/C23H31NO/c1-17(11-12-21-19(3)10-7-13-23(21,4)5)8-6-9-18(2)14-20-15-22(25)24-16-20/h6,8-9,11-12,14,16H,7,10,13,15H2,1-5H3,(H,24,25)/b9-6+,12-11+,17-8+,18-14+. The molecule has 0 radical (unpaired) electrons. The van der Waals surface area contributed by atoms with Crippen molar-refractivity contribution in [3.63, 3.8) is 0 Å². The van der Waals surface area contributed by atoms with Gasteiger partial charge in [-0.05, 0) is 56.6 Å². The summed E-state index contributed by atoms with van der Waals surface area (Å²) in [5.41, 5.74) is 6.73. The Labute approximate surface area is 152 Å². The molecule has 0 saturated carbocycles. The van der Waals surface area contributed by atoms with Gasteiger partial charge >= 0.3 is 0 Å². The molecule has 1 N–H and O–H groups in total. The van der Waals surface area contributed by atoms with Crippen molar-refractivity contribution in [1.82, 2.24) is 5.32 Å². The molecule has 0 aromatic carbocycles. The van der Waals surface area contributed by atoms with Crippen LogP contribution >= 0.6 is 0 Å². The Bertz CT molecular complexity index is 708. The fourth-order valence-corrected chi connectivity index (χ4v) is 3.53. The summed E-state index contributed by atoms with van der Waals surface area (Å²) in [6.45, 7) is 11.1. The van der Waals surface area contributed by atoms with Crippen LogP contribution < -0.4 is 5.32 Å². The molecule has 1 amide bonds. The maximum atomic E-state index is 11.2. The normalized spacial score (nSPS) is 22.1. The second kappa shape index (κ2) is 8.33. The van der Waals surface area contributed by atoms with Gasteiger partial charge in [0.25, 0.3) is 0 Å². The van der Waals surface area contributed by atoms with Crippen molar-refractivity contribution in [2.24, 2.45) is 5.41 Å². The maximum absolute atomic E-state index is 11.2. The van der Waals surface area contributed by atoms with E-state index < -0.39 is 0 Å². The topological polar surface area (TPSA) is 29.1 Å². The molecule has 2 heteroatoms. The molecule has 0 unspecified atom stereocenters. The summed E-state index contributed by atoms with van der Waals surface area (Å²) < 4.78 is 0. The Morgan fingerprint density at radius 2 is 1.96 bits per heavy atom. The molecule has 2 aliphatic rings. The lowest BCUT2D eigenvalue weighted by Crippen LogP contribution is -2.19. The molecular formula is C23H31NO. The molecule has 1 heterocycles. The summed E-state index contributed by atoms with van der Waals surface area (Å²) in [5.74, 6) is 0.0687. The quantitative estimate of drug-likeness (QED) is 0.620. The summed E-state index contributed by atoms with van der Waals surface area (Å²) in [7, 11) is 0. The average molecular weight is 338 g/mol. The van der Waals surface area contributed by atoms with Crippen LogP contribution in [0, 0.1) is 5.41 Å². The van der Waals surface area contributed by atoms with Crippen LogP contribution in [0.1, 0.15) is 60.3 Å². The number of amides is 1. The molecule has 0 saturated heterocycles. The van der Waals surface area contributed by atoms with Crippen LogP contribution in [-0.2, 0) is 4.79 Å². The van der Waals surface area contributed by atoms with Gasteiger partial charge in [0.1, 0.15) is 0 Å². The summed E-state index contributed by atoms with van der Waals surface area (Å²) >= 11 is 0. The van der Waals surface area contributed by atoms with Crippen molar-refractivity contribution in [3.8, 4) is 0 Å². The van der Waals surface area contributed by atoms with Gasteiger partial charge in [0.2, 0.25) is 5.91 Å². The third-order valence-corrected chi connectivity index (χ3v) is 4.97. The van der Waals surface area contributed by atoms with Crippen molar-refractivity contribution in [2.75, 3.05) is 0 Å². The number of carbonyl (C=O) groups is 1. The number of carbonyl (C=O) groups excluding carboxylic acids is 1. The predicted molar refractivity (Wildman–Crippen MR) is 107 cm³/mol. The van der Waals surface area contributed by atoms with Crippen molar-refractivity contribution < 1.29 is 4.79 Å². The van der Waals surface area contributed by atoms with E-state index in [2.05, 4.69) is 70.3 Å². The molecule has 0 aromatic heterocycles. The van der Waals surface area contributed by atoms with Crippen LogP contribution in [0.4, 0.5) is 0 Å². The molecular weight excluding hydrogens is 306 g/mol. The van der Waals surface area contributed by atoms with E-state index in [0.29, 0.717) is 6.42 Å². The average Bonchev–Trinajstić information content (AvgIpc) is 2.91. The first-order chi connectivity index (χ1) is 11.8. The van der Waals surface area contributed by atoms with Gasteiger partial charge in [-0.1, -0.05) is 67.0 Å². The fraction of sp³-hybridized carbons (Fsp3) is 0.435. The molecule has 1 aliphatic heterocycles. The Balaban J connectivity index is 1.99. The van der Waals surface area contributed by atoms with E-state index in [1.807, 2.05) is 6.08 Å². The summed E-state index contributed by atoms with van der Waals surface area (Å²) in [5, 5.41) is 2.71. The first kappa shape index (κ1) is 19.2. The molecule has 134 valence electrons. The molecule has 1 aliphatic carbocycles. The van der Waals surface area contributed by atoms with Crippen LogP contribution in [0.3, 0.4) is 0 Å². The smallest absolute Gasteiger partial charge is 0.228 e. The van der Waals surface area contributed by atoms with Crippen molar-refractivity contribution >= 4 is 5.91 Å². The Hall–Kier alpha value is -2.09. The van der Waals surface area contributed by atoms with Crippen molar-refractivity contribution in [2.45, 2.75) is 60.3 Å². The van der Waals surface area contributed by atoms with Gasteiger partial charge in [-0.25, -0.2) is 0 Å². The van der Waals surface area contributed by atoms with E-state index in [1.165, 1.54) is 36.0 Å². The zero-order valence-corrected chi connectivity index (χ0v) is 16.3. The second-order valence-corrected chi connectivity index (χ2v) is 7.89. The van der Waals surface area contributed by atoms with E-state index >= 15 is 0 Å². The van der Waals surface area contributed by atoms with Crippen LogP contribution in [-0.4, -0.2) is 5.91 Å². The van der Waals surface area contributed by atoms with Gasteiger partial charge in [-0.15, -0.1) is 0 Å². The zero-order valence-electron chi connectivity index (χ0n) is 16.3. The highest BCUT2D eigenvalue weighted by Gasteiger charge is 2.26. The van der Waals surface area contributed by atoms with E-state index in [9.17, 15) is 4.79 Å². The summed E-state index contributed by atoms with van der Waals surface area (Å²) in [6.07, 6.45) is 18.9. The Morgan fingerprint density at radius 1 is 1.20 bits per heavy atom. The predicted octanol–water partition coefficient (Wildman–Crippen LogP) is 5.92. The number of hydrogen-bond donors (Lipinski definition) is 1. The monoisotopic (exact) mass is 337 g/mol. The minimum absolute atomic E-state index is 0.0687. The van der Waals surface area contributed by atoms with E-state index in [1.54, 1.807) is 6.20 Å². The second-order valence-electron chi connectivity index (χ2n) is 7.89. The van der Waals surface area contributed by atoms with E-state index in [4.69, 9.17) is 0 Å². The van der Waals surface area contributed by atoms with E-state index in [0.717, 1.165) is 11.1 Å². The molecule has 0 aromatic rings. The van der Waals surface area contributed by atoms with Gasteiger partial charge in [0.05, 0.1) is 6.42 Å². The molecule has 25 heavy (non-hydrogen) atoms. The van der Waals surface area contributed by atoms with Gasteiger partial charge < -0.3 is 5.32 Å². The van der Waals surface area contributed by atoms with Gasteiger partial charge in [0, 0.05) is 6.20 Å². The van der Waals surface area contributed by atoms with Crippen LogP contribution in [0.2, 0.25) is 0 Å². The maximum Gasteiger partial charge on any atom is 0.228 e. The highest BCUT2D eigenvalue weighted by atomic mass is 16.1. The molecule has 0 spiro atoms. The number of rotatable bonds is 5. The van der Waals surface area contributed by atoms with Gasteiger partial charge in [-0.2, -0.15) is 0 Å². The minimum atomic E-state index is 0.0687. The number of allylic oxidation sites excluding steroid dienone is 10. The van der Waals surface area contributed by atoms with Gasteiger partial charge in [0.15, 0.2) is 0 Å². The highest BCUT2D eigenvalue weighted by molar-refractivity contribution is 5.83.